The van der Waals surface area contributed by atoms with Gasteiger partial charge in [-0.05, 0) is 38.0 Å². The van der Waals surface area contributed by atoms with E-state index < -0.39 is 11.4 Å². The molecule has 0 bridgehead atoms. The number of ether oxygens (including phenoxy) is 1. The lowest BCUT2D eigenvalue weighted by Gasteiger charge is -2.25. The molecule has 1 aliphatic carbocycles. The highest BCUT2D eigenvalue weighted by molar-refractivity contribution is 5.78. The minimum Gasteiger partial charge on any atom is -0.481 e. The van der Waals surface area contributed by atoms with Crippen molar-refractivity contribution in [3.05, 3.63) is 71.6 Å². The number of carbonyl (C=O) groups is 1. The number of carboxylic acid groups (broad SMARTS) is 1. The number of rotatable bonds is 6. The molecule has 0 unspecified atom stereocenters. The number of hydrogen-bond donors (Lipinski definition) is 1. The number of hydrogen-bond acceptors (Lipinski definition) is 2. The predicted octanol–water partition coefficient (Wildman–Crippen LogP) is 3.89. The van der Waals surface area contributed by atoms with Crippen molar-refractivity contribution in [2.75, 3.05) is 6.61 Å². The van der Waals surface area contributed by atoms with Crippen LogP contribution in [0.4, 0.5) is 0 Å². The van der Waals surface area contributed by atoms with Crippen LogP contribution in [-0.2, 0) is 16.1 Å². The van der Waals surface area contributed by atoms with Crippen LogP contribution in [0.1, 0.15) is 29.4 Å². The minimum atomic E-state index is -0.956. The largest absolute Gasteiger partial charge is 0.481 e. The van der Waals surface area contributed by atoms with Gasteiger partial charge in [0.25, 0.3) is 0 Å². The molecule has 1 N–H and O–H groups in total. The van der Waals surface area contributed by atoms with Gasteiger partial charge in [0.2, 0.25) is 0 Å². The predicted molar refractivity (Wildman–Crippen MR) is 92.9 cm³/mol. The lowest BCUT2D eigenvalue weighted by molar-refractivity contribution is -0.149. The Morgan fingerprint density at radius 3 is 2.50 bits per heavy atom. The minimum absolute atomic E-state index is 0.0661. The molecule has 1 heterocycles. The third-order valence-corrected chi connectivity index (χ3v) is 4.77. The summed E-state index contributed by atoms with van der Waals surface area (Å²) in [4.78, 5) is 11.9. The number of nitrogens with zero attached hydrogens (tertiary/aromatic N) is 1. The van der Waals surface area contributed by atoms with Crippen LogP contribution in [0.25, 0.3) is 0 Å². The molecule has 4 heteroatoms. The van der Waals surface area contributed by atoms with Crippen molar-refractivity contribution in [1.29, 1.82) is 0 Å². The van der Waals surface area contributed by atoms with Gasteiger partial charge in [0.05, 0.1) is 19.3 Å². The summed E-state index contributed by atoms with van der Waals surface area (Å²) in [5.41, 5.74) is 2.39. The zero-order chi connectivity index (χ0) is 17.2. The standard InChI is InChI=1S/C20H23NO3/c1-15-8-9-16(2)21(15)18-10-11-20(12-18,19(22)23)14-24-13-17-6-4-3-5-7-17/h3-11,18H,12-14H2,1-2H3,(H,22,23)/t18-,20+/m1/s1. The van der Waals surface area contributed by atoms with E-state index in [0.717, 1.165) is 17.0 Å². The Bertz CT molecular complexity index is 728. The number of benzene rings is 1. The number of aryl methyl sites for hydroxylation is 2. The van der Waals surface area contributed by atoms with Gasteiger partial charge in [0.1, 0.15) is 5.41 Å². The SMILES string of the molecule is Cc1ccc(C)n1[C@@H]1C=C[C@](COCc2ccccc2)(C(=O)O)C1. The highest BCUT2D eigenvalue weighted by Gasteiger charge is 2.43. The second-order valence-corrected chi connectivity index (χ2v) is 6.56. The van der Waals surface area contributed by atoms with E-state index in [1.165, 1.54) is 0 Å². The fourth-order valence-electron chi connectivity index (χ4n) is 3.44. The van der Waals surface area contributed by atoms with Crippen LogP contribution >= 0.6 is 0 Å². The zero-order valence-corrected chi connectivity index (χ0v) is 14.1. The molecule has 0 saturated carbocycles. The maximum absolute atomic E-state index is 11.9. The van der Waals surface area contributed by atoms with Gasteiger partial charge in [-0.15, -0.1) is 0 Å². The molecule has 24 heavy (non-hydrogen) atoms. The topological polar surface area (TPSA) is 51.5 Å². The molecule has 1 aromatic heterocycles. The molecular weight excluding hydrogens is 302 g/mol. The maximum Gasteiger partial charge on any atom is 0.315 e. The fourth-order valence-corrected chi connectivity index (χ4v) is 3.44. The summed E-state index contributed by atoms with van der Waals surface area (Å²) < 4.78 is 7.95. The molecular formula is C20H23NO3. The summed E-state index contributed by atoms with van der Waals surface area (Å²) in [5.74, 6) is -0.822. The number of aliphatic carboxylic acids is 1. The quantitative estimate of drug-likeness (QED) is 0.820. The van der Waals surface area contributed by atoms with Gasteiger partial charge < -0.3 is 14.4 Å². The first-order valence-electron chi connectivity index (χ1n) is 8.21. The summed E-state index contributed by atoms with van der Waals surface area (Å²) in [6, 6.07) is 14.0. The third kappa shape index (κ3) is 3.15. The van der Waals surface area contributed by atoms with Gasteiger partial charge in [-0.25, -0.2) is 0 Å². The molecule has 126 valence electrons. The van der Waals surface area contributed by atoms with E-state index in [0.29, 0.717) is 13.0 Å². The third-order valence-electron chi connectivity index (χ3n) is 4.77. The fraction of sp³-hybridized carbons (Fsp3) is 0.350. The Kier molecular flexibility index (Phi) is 4.58. The normalized spacial score (nSPS) is 22.8. The molecule has 0 radical (unpaired) electrons. The Morgan fingerprint density at radius 2 is 1.88 bits per heavy atom. The number of aromatic nitrogens is 1. The average Bonchev–Trinajstić information content (AvgIpc) is 3.13. The first-order valence-corrected chi connectivity index (χ1v) is 8.21. The molecule has 2 atom stereocenters. The van der Waals surface area contributed by atoms with Crippen molar-refractivity contribution >= 4 is 5.97 Å². The molecule has 0 fully saturated rings. The van der Waals surface area contributed by atoms with Crippen molar-refractivity contribution in [1.82, 2.24) is 4.57 Å². The second-order valence-electron chi connectivity index (χ2n) is 6.56. The van der Waals surface area contributed by atoms with Crippen LogP contribution in [0.5, 0.6) is 0 Å². The zero-order valence-electron chi connectivity index (χ0n) is 14.1. The van der Waals surface area contributed by atoms with Crippen LogP contribution in [-0.4, -0.2) is 22.2 Å². The van der Waals surface area contributed by atoms with Gasteiger partial charge in [-0.2, -0.15) is 0 Å². The summed E-state index contributed by atoms with van der Waals surface area (Å²) >= 11 is 0. The maximum atomic E-state index is 11.9. The van der Waals surface area contributed by atoms with Gasteiger partial charge in [-0.3, -0.25) is 4.79 Å². The average molecular weight is 325 g/mol. The molecule has 1 aromatic carbocycles. The first kappa shape index (κ1) is 16.5. The summed E-state index contributed by atoms with van der Waals surface area (Å²) in [7, 11) is 0. The van der Waals surface area contributed by atoms with Crippen LogP contribution in [0.3, 0.4) is 0 Å². The molecule has 0 aliphatic heterocycles. The van der Waals surface area contributed by atoms with Crippen LogP contribution in [0, 0.1) is 19.3 Å². The lowest BCUT2D eigenvalue weighted by Crippen LogP contribution is -2.33. The molecule has 3 rings (SSSR count). The number of allylic oxidation sites excluding steroid dienone is 1. The van der Waals surface area contributed by atoms with Crippen LogP contribution in [0.15, 0.2) is 54.6 Å². The van der Waals surface area contributed by atoms with Crippen molar-refractivity contribution < 1.29 is 14.6 Å². The smallest absolute Gasteiger partial charge is 0.315 e. The molecule has 2 aromatic rings. The molecule has 0 spiro atoms. The molecule has 0 amide bonds. The van der Waals surface area contributed by atoms with E-state index in [2.05, 4.69) is 16.7 Å². The summed E-state index contributed by atoms with van der Waals surface area (Å²) in [6.07, 6.45) is 4.33. The second kappa shape index (κ2) is 6.65. The van der Waals surface area contributed by atoms with Crippen molar-refractivity contribution in [2.45, 2.75) is 32.9 Å². The van der Waals surface area contributed by atoms with Crippen LogP contribution < -0.4 is 0 Å². The van der Waals surface area contributed by atoms with E-state index in [1.807, 2.05) is 56.3 Å². The summed E-state index contributed by atoms with van der Waals surface area (Å²) in [5, 5.41) is 9.77. The molecule has 0 saturated heterocycles. The monoisotopic (exact) mass is 325 g/mol. The van der Waals surface area contributed by atoms with E-state index in [1.54, 1.807) is 0 Å². The van der Waals surface area contributed by atoms with Crippen molar-refractivity contribution in [3.8, 4) is 0 Å². The van der Waals surface area contributed by atoms with Crippen molar-refractivity contribution in [3.63, 3.8) is 0 Å². The Labute approximate surface area is 142 Å². The molecule has 4 nitrogen and oxygen atoms in total. The highest BCUT2D eigenvalue weighted by atomic mass is 16.5. The van der Waals surface area contributed by atoms with Crippen LogP contribution in [0.2, 0.25) is 0 Å². The van der Waals surface area contributed by atoms with E-state index >= 15 is 0 Å². The van der Waals surface area contributed by atoms with Gasteiger partial charge in [0, 0.05) is 11.4 Å². The lowest BCUT2D eigenvalue weighted by atomic mass is 9.87. The van der Waals surface area contributed by atoms with E-state index in [9.17, 15) is 9.90 Å². The van der Waals surface area contributed by atoms with Gasteiger partial charge in [0.15, 0.2) is 0 Å². The van der Waals surface area contributed by atoms with E-state index in [4.69, 9.17) is 4.74 Å². The number of carboxylic acids is 1. The Hall–Kier alpha value is -2.33. The van der Waals surface area contributed by atoms with Gasteiger partial charge >= 0.3 is 5.97 Å². The van der Waals surface area contributed by atoms with Crippen molar-refractivity contribution in [2.24, 2.45) is 5.41 Å². The van der Waals surface area contributed by atoms with Gasteiger partial charge in [-0.1, -0.05) is 42.5 Å². The Balaban J connectivity index is 1.70. The summed E-state index contributed by atoms with van der Waals surface area (Å²) in [6.45, 7) is 4.71. The first-order chi connectivity index (χ1) is 11.5. The highest BCUT2D eigenvalue weighted by Crippen LogP contribution is 2.40. The molecule has 1 aliphatic rings. The Morgan fingerprint density at radius 1 is 1.21 bits per heavy atom. The van der Waals surface area contributed by atoms with E-state index in [-0.39, 0.29) is 12.6 Å².